The molecule has 8 aliphatic heterocycles. The Morgan fingerprint density at radius 2 is 0.757 bits per heavy atom. The molecule has 0 aromatic heterocycles. The summed E-state index contributed by atoms with van der Waals surface area (Å²) >= 11 is 0. The van der Waals surface area contributed by atoms with Crippen molar-refractivity contribution in [1.29, 1.82) is 0 Å². The summed E-state index contributed by atoms with van der Waals surface area (Å²) in [6.07, 6.45) is -98.6. The lowest BCUT2D eigenvalue weighted by molar-refractivity contribution is -0.413. The van der Waals surface area contributed by atoms with Crippen LogP contribution < -0.4 is 5.32 Å². The summed E-state index contributed by atoms with van der Waals surface area (Å²) in [5.41, 5.74) is 0. The average Bonchev–Trinajstić information content (AvgIpc) is 0.737. The zero-order valence-corrected chi connectivity index (χ0v) is 55.8. The van der Waals surface area contributed by atoms with Crippen molar-refractivity contribution < 1.29 is 244 Å². The minimum atomic E-state index is -3.95. The van der Waals surface area contributed by atoms with E-state index in [0.29, 0.717) is 0 Å². The predicted octanol–water partition coefficient (Wildman–Crippen LogP) is -21.6. The number of aliphatic hydroxyl groups is 29. The van der Waals surface area contributed by atoms with E-state index in [2.05, 4.69) is 5.32 Å². The fourth-order valence-corrected chi connectivity index (χ4v) is 13.2. The maximum absolute atomic E-state index is 13.4. The normalized spacial score (nSPS) is 48.7. The Labute approximate surface area is 600 Å². The van der Waals surface area contributed by atoms with Crippen LogP contribution in [0.25, 0.3) is 0 Å². The second-order valence-electron chi connectivity index (χ2n) is 26.7. The summed E-state index contributed by atoms with van der Waals surface area (Å²) in [7, 11) is 0. The first kappa shape index (κ1) is 89.2. The monoisotopic (exact) mass is 1580 g/mol. The van der Waals surface area contributed by atoms with Crippen LogP contribution in [0.4, 0.5) is 0 Å². The number of amides is 1. The van der Waals surface area contributed by atoms with Gasteiger partial charge in [0.2, 0.25) is 5.91 Å². The van der Waals surface area contributed by atoms with Gasteiger partial charge in [0.05, 0.1) is 59.0 Å². The smallest absolute Gasteiger partial charge is 0.367 e. The fourth-order valence-electron chi connectivity index (χ4n) is 13.2. The number of carboxylic acid groups (broad SMARTS) is 2. The molecule has 0 aliphatic carbocycles. The Morgan fingerprint density at radius 3 is 1.17 bits per heavy atom. The van der Waals surface area contributed by atoms with Crippen molar-refractivity contribution in [2.45, 2.75) is 282 Å². The van der Waals surface area contributed by atoms with Gasteiger partial charge in [0.1, 0.15) is 214 Å². The molecule has 32 N–H and O–H groups in total. The summed E-state index contributed by atoms with van der Waals surface area (Å²) in [4.78, 5) is 38.7. The van der Waals surface area contributed by atoms with Crippen molar-refractivity contribution in [2.24, 2.45) is 0 Å². The number of hydrogen-bond donors (Lipinski definition) is 32. The van der Waals surface area contributed by atoms with E-state index in [1.807, 2.05) is 0 Å². The third-order valence-electron chi connectivity index (χ3n) is 19.3. The van der Waals surface area contributed by atoms with Crippen LogP contribution in [0.3, 0.4) is 0 Å². The predicted molar refractivity (Wildman–Crippen MR) is 318 cm³/mol. The van der Waals surface area contributed by atoms with E-state index in [4.69, 9.17) is 71.1 Å². The maximum atomic E-state index is 13.4. The van der Waals surface area contributed by atoms with E-state index < -0.39 is 346 Å². The lowest BCUT2D eigenvalue weighted by Crippen LogP contribution is -2.73. The molecule has 0 aromatic carbocycles. The standard InChI is InChI=1S/C57H95NO49/c1-11(64)58-21-25(73)22(70)18(5-61)96-48(21)103-45-35(83)40(16(69)10-95-51-34(82)28(76)29(77)39(99-51)14(67)8-93-49-32(80)26(74)23(71)19(6-62)97-49)101-53(37(45)85)104-46-36(84)41(15(68)9-94-50-33(81)27(75)24(72)20(7-63)98-50)100-52(38(46)86)102-44-17(2-56(92,54(88)89)106-43(44)13(66)4-60)105-57(55(90)91)47(87)31(79)30(78)42(107-57)12(65)3-59/h12-53,59-63,65-87,92H,2-10H2,1H3,(H,58,64)(H,88,89)(H,90,91)/t12-,13-,14+,15+,16+,17-,18-,19-,20-,21-,22-,23+,24-,25-,26+,27+,28+,29+,30-,31+,32-,33-,34+,35-,36-,37+,38+,39-,40-,41-,42-,43-,44-,45+,46+,47+,48?,49?,50?,51?,52?,53?,56?,57?/m1/s1. The first-order chi connectivity index (χ1) is 50.2. The molecule has 622 valence electrons. The molecule has 0 spiro atoms. The highest BCUT2D eigenvalue weighted by molar-refractivity contribution is 5.77. The Kier molecular flexibility index (Phi) is 31.1. The number of carbonyl (C=O) groups is 3. The van der Waals surface area contributed by atoms with Crippen LogP contribution >= 0.6 is 0 Å². The van der Waals surface area contributed by atoms with Gasteiger partial charge in [-0.15, -0.1) is 0 Å². The number of ether oxygens (including phenoxy) is 15. The number of carboxylic acids is 2. The molecule has 0 saturated carbocycles. The van der Waals surface area contributed by atoms with Crippen molar-refractivity contribution in [3.63, 3.8) is 0 Å². The number of nitrogens with one attached hydrogen (secondary N) is 1. The van der Waals surface area contributed by atoms with E-state index in [1.54, 1.807) is 0 Å². The zero-order chi connectivity index (χ0) is 79.7. The highest BCUT2D eigenvalue weighted by Gasteiger charge is 2.66. The molecule has 44 atom stereocenters. The Balaban J connectivity index is 1.16. The minimum Gasteiger partial charge on any atom is -0.477 e. The van der Waals surface area contributed by atoms with Crippen molar-refractivity contribution in [3.8, 4) is 0 Å². The van der Waals surface area contributed by atoms with Gasteiger partial charge in [-0.25, -0.2) is 9.59 Å². The topological polar surface area (TPSA) is 829 Å². The number of carbonyl (C=O) groups excluding carboxylic acids is 1. The molecule has 50 heteroatoms. The van der Waals surface area contributed by atoms with Gasteiger partial charge in [-0.2, -0.15) is 0 Å². The minimum absolute atomic E-state index is 0.892. The average molecular weight is 1580 g/mol. The van der Waals surface area contributed by atoms with Gasteiger partial charge in [-0.05, 0) is 0 Å². The molecular weight excluding hydrogens is 1480 g/mol. The molecule has 107 heavy (non-hydrogen) atoms. The van der Waals surface area contributed by atoms with Gasteiger partial charge in [0.15, 0.2) is 37.7 Å². The van der Waals surface area contributed by atoms with Crippen LogP contribution in [0.1, 0.15) is 13.3 Å². The second kappa shape index (κ2) is 37.3. The molecule has 8 unspecified atom stereocenters. The van der Waals surface area contributed by atoms with Gasteiger partial charge in [-0.3, -0.25) is 4.79 Å². The first-order valence-electron chi connectivity index (χ1n) is 33.1. The number of rotatable bonds is 30. The molecule has 8 aliphatic rings. The molecule has 0 aromatic rings. The van der Waals surface area contributed by atoms with E-state index in [9.17, 15) is 173 Å². The van der Waals surface area contributed by atoms with Crippen LogP contribution in [0, 0.1) is 0 Å². The van der Waals surface area contributed by atoms with E-state index >= 15 is 0 Å². The summed E-state index contributed by atoms with van der Waals surface area (Å²) in [6.45, 7) is -8.82. The first-order valence-corrected chi connectivity index (χ1v) is 33.1. The molecule has 8 fully saturated rings. The lowest BCUT2D eigenvalue weighted by atomic mass is 9.88. The van der Waals surface area contributed by atoms with Gasteiger partial charge >= 0.3 is 11.9 Å². The quantitative estimate of drug-likeness (QED) is 0.0318. The number of aliphatic hydroxyl groups excluding tert-OH is 28. The largest absolute Gasteiger partial charge is 0.477 e. The summed E-state index contributed by atoms with van der Waals surface area (Å²) in [5.74, 6) is -13.6. The Bertz CT molecular complexity index is 2810. The Morgan fingerprint density at radius 1 is 0.393 bits per heavy atom. The molecule has 8 rings (SSSR count). The summed E-state index contributed by atoms with van der Waals surface area (Å²) in [5, 5.41) is 341. The van der Waals surface area contributed by atoms with Crippen molar-refractivity contribution in [3.05, 3.63) is 0 Å². The van der Waals surface area contributed by atoms with E-state index in [-0.39, 0.29) is 0 Å². The highest BCUT2D eigenvalue weighted by Crippen LogP contribution is 2.43. The molecule has 50 nitrogen and oxygen atoms in total. The second-order valence-corrected chi connectivity index (χ2v) is 26.7. The molecule has 0 radical (unpaired) electrons. The third kappa shape index (κ3) is 18.7. The van der Waals surface area contributed by atoms with Crippen molar-refractivity contribution in [2.75, 3.05) is 52.9 Å². The van der Waals surface area contributed by atoms with Gasteiger partial charge in [-0.1, -0.05) is 0 Å². The molecule has 8 saturated heterocycles. The van der Waals surface area contributed by atoms with Gasteiger partial charge in [0, 0.05) is 13.3 Å². The SMILES string of the molecule is CC(=O)N[C@H]1C(O[C@H]2[C@H](O)[C@@H]([C@@H](O)COC3O[C@H]([C@@H](O)COC4O[C@H](CO)[C@H](O)[C@H](O)[C@H]4O)[C@@H](O)[C@H](O)[C@@H]3O)OC(O[C@H]3[C@H](O)[C@@H]([C@@H](O)COC4O[C@H](CO)[C@@H](O)[C@H](O)[C@H]4O)OC(O[C@H]4[C@@H]([C@H](O)CO)OC(O)(C(=O)O)C[C@H]4OC4(C(=O)O)O[C@H]([C@H](O)CO)[C@H](O)[C@H](O)[C@@H]4O)[C@H]3O)[C@H]2O)O[C@H](CO)[C@@H](O)[C@@H]1O. The van der Waals surface area contributed by atoms with E-state index in [0.717, 1.165) is 6.92 Å². The summed E-state index contributed by atoms with van der Waals surface area (Å²) < 4.78 is 84.0. The Hall–Kier alpha value is -3.35. The molecular formula is C57H95NO49. The maximum Gasteiger partial charge on any atom is 0.367 e. The van der Waals surface area contributed by atoms with Crippen LogP contribution in [0.15, 0.2) is 0 Å². The molecule has 8 heterocycles. The highest BCUT2D eigenvalue weighted by atomic mass is 16.8. The van der Waals surface area contributed by atoms with Crippen molar-refractivity contribution in [1.82, 2.24) is 5.32 Å². The van der Waals surface area contributed by atoms with Crippen molar-refractivity contribution >= 4 is 17.8 Å². The van der Waals surface area contributed by atoms with Crippen LogP contribution in [-0.4, -0.2) is 498 Å². The van der Waals surface area contributed by atoms with Gasteiger partial charge < -0.3 is 235 Å². The number of hydrogen-bond acceptors (Lipinski definition) is 47. The zero-order valence-electron chi connectivity index (χ0n) is 55.8. The van der Waals surface area contributed by atoms with Crippen LogP contribution in [0.5, 0.6) is 0 Å². The number of aliphatic carboxylic acids is 2. The summed E-state index contributed by atoms with van der Waals surface area (Å²) in [6, 6.07) is -1.94. The third-order valence-corrected chi connectivity index (χ3v) is 19.3. The lowest BCUT2D eigenvalue weighted by Gasteiger charge is -2.52. The molecule has 0 bridgehead atoms. The van der Waals surface area contributed by atoms with Gasteiger partial charge in [0.25, 0.3) is 11.6 Å². The van der Waals surface area contributed by atoms with Crippen LogP contribution in [-0.2, 0) is 85.4 Å². The molecule has 1 amide bonds. The van der Waals surface area contributed by atoms with Crippen LogP contribution in [0.2, 0.25) is 0 Å². The van der Waals surface area contributed by atoms with E-state index in [1.165, 1.54) is 0 Å². The fraction of sp³-hybridized carbons (Fsp3) is 0.947.